The van der Waals surface area contributed by atoms with Gasteiger partial charge in [0.05, 0.1) is 18.7 Å². The Bertz CT molecular complexity index is 1060. The summed E-state index contributed by atoms with van der Waals surface area (Å²) in [7, 11) is 0. The maximum Gasteiger partial charge on any atom is 0.416 e. The number of halogens is 3. The van der Waals surface area contributed by atoms with Crippen molar-refractivity contribution in [3.63, 3.8) is 0 Å². The number of amides is 1. The van der Waals surface area contributed by atoms with Crippen LogP contribution in [0.5, 0.6) is 5.75 Å². The van der Waals surface area contributed by atoms with Gasteiger partial charge in [-0.2, -0.15) is 13.2 Å². The van der Waals surface area contributed by atoms with E-state index in [2.05, 4.69) is 5.32 Å². The van der Waals surface area contributed by atoms with Crippen LogP contribution in [0.15, 0.2) is 77.7 Å². The third-order valence-electron chi connectivity index (χ3n) is 4.28. The zero-order valence-electron chi connectivity index (χ0n) is 15.9. The van der Waals surface area contributed by atoms with Crippen molar-refractivity contribution in [3.8, 4) is 5.75 Å². The van der Waals surface area contributed by atoms with E-state index in [1.807, 2.05) is 30.3 Å². The summed E-state index contributed by atoms with van der Waals surface area (Å²) in [6, 6.07) is 16.9. The fourth-order valence-electron chi connectivity index (χ4n) is 2.81. The molecule has 5 nitrogen and oxygen atoms in total. The van der Waals surface area contributed by atoms with E-state index < -0.39 is 23.2 Å². The van der Waals surface area contributed by atoms with Crippen LogP contribution in [0.1, 0.15) is 21.5 Å². The van der Waals surface area contributed by atoms with Gasteiger partial charge >= 0.3 is 6.18 Å². The minimum absolute atomic E-state index is 0.0208. The number of nitrogens with zero attached hydrogens (tertiary/aromatic N) is 1. The lowest BCUT2D eigenvalue weighted by atomic mass is 10.2. The van der Waals surface area contributed by atoms with Crippen LogP contribution in [0.25, 0.3) is 0 Å². The Morgan fingerprint density at radius 2 is 1.77 bits per heavy atom. The molecule has 1 aromatic heterocycles. The van der Waals surface area contributed by atoms with Crippen molar-refractivity contribution in [1.29, 1.82) is 0 Å². The summed E-state index contributed by atoms with van der Waals surface area (Å²) in [6.45, 7) is 0.319. The molecule has 8 heteroatoms. The third-order valence-corrected chi connectivity index (χ3v) is 4.28. The number of aromatic nitrogens is 1. The topological polar surface area (TPSA) is 60.3 Å². The number of alkyl halides is 3. The number of benzene rings is 2. The van der Waals surface area contributed by atoms with E-state index in [1.54, 1.807) is 12.3 Å². The highest BCUT2D eigenvalue weighted by Crippen LogP contribution is 2.31. The van der Waals surface area contributed by atoms with Crippen LogP contribution in [-0.4, -0.2) is 23.6 Å². The number of ether oxygens (including phenoxy) is 1. The molecule has 0 saturated carbocycles. The van der Waals surface area contributed by atoms with Gasteiger partial charge in [0.2, 0.25) is 0 Å². The monoisotopic (exact) mass is 416 g/mol. The molecule has 30 heavy (non-hydrogen) atoms. The van der Waals surface area contributed by atoms with Gasteiger partial charge in [-0.15, -0.1) is 0 Å². The minimum Gasteiger partial charge on any atom is -0.492 e. The van der Waals surface area contributed by atoms with Crippen LogP contribution in [0.4, 0.5) is 13.2 Å². The molecule has 0 fully saturated rings. The molecule has 0 unspecified atom stereocenters. The van der Waals surface area contributed by atoms with Crippen molar-refractivity contribution in [3.05, 3.63) is 100.0 Å². The molecule has 1 amide bonds. The van der Waals surface area contributed by atoms with E-state index in [-0.39, 0.29) is 24.5 Å². The van der Waals surface area contributed by atoms with Crippen molar-refractivity contribution < 1.29 is 22.7 Å². The van der Waals surface area contributed by atoms with Crippen LogP contribution < -0.4 is 15.6 Å². The summed E-state index contributed by atoms with van der Waals surface area (Å²) in [4.78, 5) is 24.9. The summed E-state index contributed by atoms with van der Waals surface area (Å²) < 4.78 is 44.8. The van der Waals surface area contributed by atoms with Crippen LogP contribution in [0.2, 0.25) is 0 Å². The highest BCUT2D eigenvalue weighted by atomic mass is 19.4. The minimum atomic E-state index is -4.46. The molecule has 0 aliphatic carbocycles. The second-order valence-corrected chi connectivity index (χ2v) is 6.47. The quantitative estimate of drug-likeness (QED) is 0.597. The van der Waals surface area contributed by atoms with Crippen molar-refractivity contribution in [2.45, 2.75) is 12.7 Å². The van der Waals surface area contributed by atoms with Gasteiger partial charge in [-0.1, -0.05) is 36.4 Å². The highest BCUT2D eigenvalue weighted by Gasteiger charge is 2.30. The van der Waals surface area contributed by atoms with Gasteiger partial charge < -0.3 is 14.6 Å². The van der Waals surface area contributed by atoms with Crippen molar-refractivity contribution in [1.82, 2.24) is 9.88 Å². The fourth-order valence-corrected chi connectivity index (χ4v) is 2.81. The number of hydrogen-bond acceptors (Lipinski definition) is 3. The number of carbonyl (C=O) groups is 1. The number of nitrogens with one attached hydrogen (secondary N) is 1. The number of hydrogen-bond donors (Lipinski definition) is 1. The van der Waals surface area contributed by atoms with E-state index >= 15 is 0 Å². The molecule has 3 aromatic rings. The SMILES string of the molecule is O=C(NCCOc1cccc(C(F)(F)F)c1)c1cccn(Cc2ccccc2)c1=O. The number of rotatable bonds is 7. The molecular formula is C22H19F3N2O3. The number of pyridine rings is 1. The first-order valence-electron chi connectivity index (χ1n) is 9.16. The smallest absolute Gasteiger partial charge is 0.416 e. The fraction of sp³-hybridized carbons (Fsp3) is 0.182. The van der Waals surface area contributed by atoms with E-state index in [9.17, 15) is 22.8 Å². The standard InChI is InChI=1S/C22H19F3N2O3/c23-22(24,25)17-8-4-9-18(14-17)30-13-11-26-20(28)19-10-5-12-27(21(19)29)15-16-6-2-1-3-7-16/h1-10,12,14H,11,13,15H2,(H,26,28). The first-order chi connectivity index (χ1) is 14.3. The lowest BCUT2D eigenvalue weighted by Gasteiger charge is -2.11. The molecule has 2 aromatic carbocycles. The Morgan fingerprint density at radius 3 is 2.50 bits per heavy atom. The molecule has 3 rings (SSSR count). The molecule has 0 saturated heterocycles. The predicted octanol–water partition coefficient (Wildman–Crippen LogP) is 3.72. The van der Waals surface area contributed by atoms with E-state index in [0.29, 0.717) is 6.54 Å². The summed E-state index contributed by atoms with van der Waals surface area (Å²) in [5.74, 6) is -0.529. The van der Waals surface area contributed by atoms with Crippen molar-refractivity contribution in [2.24, 2.45) is 0 Å². The Balaban J connectivity index is 1.57. The molecule has 0 aliphatic rings. The van der Waals surface area contributed by atoms with E-state index in [0.717, 1.165) is 17.7 Å². The summed E-state index contributed by atoms with van der Waals surface area (Å²) in [5, 5.41) is 2.55. The molecular weight excluding hydrogens is 397 g/mol. The second kappa shape index (κ2) is 9.30. The Hall–Kier alpha value is -3.55. The normalized spacial score (nSPS) is 11.2. The average Bonchev–Trinajstić information content (AvgIpc) is 2.73. The third kappa shape index (κ3) is 5.50. The Labute approximate surface area is 170 Å². The molecule has 1 N–H and O–H groups in total. The molecule has 0 spiro atoms. The zero-order valence-corrected chi connectivity index (χ0v) is 15.9. The average molecular weight is 416 g/mol. The van der Waals surface area contributed by atoms with Gasteiger partial charge in [0, 0.05) is 6.20 Å². The lowest BCUT2D eigenvalue weighted by Crippen LogP contribution is -2.34. The van der Waals surface area contributed by atoms with Crippen LogP contribution in [0.3, 0.4) is 0 Å². The highest BCUT2D eigenvalue weighted by molar-refractivity contribution is 5.93. The number of carbonyl (C=O) groups excluding carboxylic acids is 1. The van der Waals surface area contributed by atoms with Crippen LogP contribution >= 0.6 is 0 Å². The Morgan fingerprint density at radius 1 is 1.00 bits per heavy atom. The lowest BCUT2D eigenvalue weighted by molar-refractivity contribution is -0.137. The maximum absolute atomic E-state index is 12.7. The molecule has 156 valence electrons. The molecule has 1 heterocycles. The van der Waals surface area contributed by atoms with Gasteiger partial charge in [-0.25, -0.2) is 0 Å². The van der Waals surface area contributed by atoms with Crippen LogP contribution in [-0.2, 0) is 12.7 Å². The largest absolute Gasteiger partial charge is 0.492 e. The second-order valence-electron chi connectivity index (χ2n) is 6.47. The van der Waals surface area contributed by atoms with Crippen LogP contribution in [0, 0.1) is 0 Å². The molecule has 0 radical (unpaired) electrons. The van der Waals surface area contributed by atoms with Crippen molar-refractivity contribution >= 4 is 5.91 Å². The maximum atomic E-state index is 12.7. The van der Waals surface area contributed by atoms with Crippen molar-refractivity contribution in [2.75, 3.05) is 13.2 Å². The first-order valence-corrected chi connectivity index (χ1v) is 9.16. The van der Waals surface area contributed by atoms with E-state index in [1.165, 1.54) is 22.8 Å². The molecule has 0 aliphatic heterocycles. The van der Waals surface area contributed by atoms with Gasteiger partial charge in [-0.3, -0.25) is 9.59 Å². The van der Waals surface area contributed by atoms with Gasteiger partial charge in [0.25, 0.3) is 11.5 Å². The summed E-state index contributed by atoms with van der Waals surface area (Å²) in [5.41, 5.74) is -0.343. The van der Waals surface area contributed by atoms with Gasteiger partial charge in [0.15, 0.2) is 0 Å². The van der Waals surface area contributed by atoms with Gasteiger partial charge in [-0.05, 0) is 35.9 Å². The predicted molar refractivity (Wildman–Crippen MR) is 106 cm³/mol. The summed E-state index contributed by atoms with van der Waals surface area (Å²) >= 11 is 0. The summed E-state index contributed by atoms with van der Waals surface area (Å²) in [6.07, 6.45) is -2.86. The molecule has 0 atom stereocenters. The molecule has 0 bridgehead atoms. The zero-order chi connectivity index (χ0) is 21.6. The van der Waals surface area contributed by atoms with E-state index in [4.69, 9.17) is 4.74 Å². The first kappa shape index (κ1) is 21.2. The Kier molecular flexibility index (Phi) is 6.56. The van der Waals surface area contributed by atoms with Gasteiger partial charge in [0.1, 0.15) is 17.9 Å².